The molecule has 1 heterocycles. The lowest BCUT2D eigenvalue weighted by Crippen LogP contribution is -1.99. The molecular formula is C18H16ClN3O3S. The number of fused-ring (bicyclic) bond motifs is 1. The number of ether oxygens (including phenoxy) is 2. The highest BCUT2D eigenvalue weighted by atomic mass is 35.5. The van der Waals surface area contributed by atoms with Crippen molar-refractivity contribution < 1.29 is 14.3 Å². The molecule has 3 rings (SSSR count). The first-order valence-electron chi connectivity index (χ1n) is 7.64. The van der Waals surface area contributed by atoms with E-state index in [1.807, 2.05) is 6.07 Å². The van der Waals surface area contributed by atoms with E-state index in [0.717, 1.165) is 12.0 Å². The van der Waals surface area contributed by atoms with Crippen LogP contribution in [0.1, 0.15) is 10.4 Å². The maximum absolute atomic E-state index is 11.3. The van der Waals surface area contributed by atoms with Gasteiger partial charge in [-0.25, -0.2) is 4.72 Å². The highest BCUT2D eigenvalue weighted by molar-refractivity contribution is 7.98. The standard InChI is InChI=1S/C18H16ClN3O3S/c1-20-26-22-15-4-3-12(8-14(15)19)25-17-5-6-21-16-9-18(24-2)11(10-23)7-13(16)17/h3-10,20,22H,1-2H3. The molecule has 0 aliphatic heterocycles. The molecule has 134 valence electrons. The van der Waals surface area contributed by atoms with Gasteiger partial charge in [-0.2, -0.15) is 0 Å². The maximum Gasteiger partial charge on any atom is 0.153 e. The summed E-state index contributed by atoms with van der Waals surface area (Å²) in [6.07, 6.45) is 2.38. The van der Waals surface area contributed by atoms with Crippen molar-refractivity contribution in [2.45, 2.75) is 0 Å². The van der Waals surface area contributed by atoms with Crippen LogP contribution < -0.4 is 18.9 Å². The van der Waals surface area contributed by atoms with Crippen LogP contribution in [0.2, 0.25) is 5.02 Å². The van der Waals surface area contributed by atoms with Gasteiger partial charge < -0.3 is 14.2 Å². The summed E-state index contributed by atoms with van der Waals surface area (Å²) in [6, 6.07) is 10.5. The van der Waals surface area contributed by atoms with Crippen LogP contribution in [0.15, 0.2) is 42.6 Å². The number of benzene rings is 2. The van der Waals surface area contributed by atoms with Gasteiger partial charge in [0.1, 0.15) is 17.2 Å². The van der Waals surface area contributed by atoms with Crippen LogP contribution in [0.25, 0.3) is 10.9 Å². The lowest BCUT2D eigenvalue weighted by atomic mass is 10.1. The number of hydrogen-bond acceptors (Lipinski definition) is 7. The number of aldehydes is 1. The first kappa shape index (κ1) is 18.3. The molecule has 6 nitrogen and oxygen atoms in total. The zero-order chi connectivity index (χ0) is 18.5. The molecule has 0 bridgehead atoms. The highest BCUT2D eigenvalue weighted by Gasteiger charge is 2.11. The summed E-state index contributed by atoms with van der Waals surface area (Å²) < 4.78 is 17.2. The first-order chi connectivity index (χ1) is 12.7. The first-order valence-corrected chi connectivity index (χ1v) is 8.83. The summed E-state index contributed by atoms with van der Waals surface area (Å²) in [4.78, 5) is 15.6. The molecule has 26 heavy (non-hydrogen) atoms. The van der Waals surface area contributed by atoms with Gasteiger partial charge in [0.25, 0.3) is 0 Å². The second-order valence-corrected chi connectivity index (χ2v) is 6.41. The minimum atomic E-state index is 0.430. The normalized spacial score (nSPS) is 10.6. The van der Waals surface area contributed by atoms with Crippen LogP contribution in [0.5, 0.6) is 17.2 Å². The van der Waals surface area contributed by atoms with Gasteiger partial charge >= 0.3 is 0 Å². The second kappa shape index (κ2) is 8.27. The van der Waals surface area contributed by atoms with E-state index in [-0.39, 0.29) is 0 Å². The Balaban J connectivity index is 1.96. The van der Waals surface area contributed by atoms with Crippen molar-refractivity contribution in [3.63, 3.8) is 0 Å². The highest BCUT2D eigenvalue weighted by Crippen LogP contribution is 2.35. The fourth-order valence-corrected chi connectivity index (χ4v) is 3.06. The molecule has 0 amide bonds. The Morgan fingerprint density at radius 2 is 2.04 bits per heavy atom. The van der Waals surface area contributed by atoms with Crippen LogP contribution in [0.3, 0.4) is 0 Å². The third-order valence-electron chi connectivity index (χ3n) is 3.61. The monoisotopic (exact) mass is 389 g/mol. The average Bonchev–Trinajstić information content (AvgIpc) is 2.66. The van der Waals surface area contributed by atoms with E-state index in [2.05, 4.69) is 14.4 Å². The third kappa shape index (κ3) is 3.85. The summed E-state index contributed by atoms with van der Waals surface area (Å²) in [7, 11) is 3.32. The predicted molar refractivity (Wildman–Crippen MR) is 105 cm³/mol. The Morgan fingerprint density at radius 1 is 1.19 bits per heavy atom. The zero-order valence-corrected chi connectivity index (χ0v) is 15.6. The Morgan fingerprint density at radius 3 is 2.73 bits per heavy atom. The molecule has 1 aromatic heterocycles. The Kier molecular flexibility index (Phi) is 5.82. The molecule has 2 aromatic carbocycles. The van der Waals surface area contributed by atoms with Gasteiger partial charge in [-0.1, -0.05) is 11.6 Å². The van der Waals surface area contributed by atoms with E-state index < -0.39 is 0 Å². The van der Waals surface area contributed by atoms with Crippen molar-refractivity contribution >= 4 is 46.6 Å². The summed E-state index contributed by atoms with van der Waals surface area (Å²) >= 11 is 7.59. The number of rotatable bonds is 7. The van der Waals surface area contributed by atoms with Gasteiger partial charge in [-0.3, -0.25) is 9.78 Å². The molecule has 0 saturated heterocycles. The zero-order valence-electron chi connectivity index (χ0n) is 14.1. The number of pyridine rings is 1. The van der Waals surface area contributed by atoms with Gasteiger partial charge in [0.05, 0.1) is 28.9 Å². The minimum absolute atomic E-state index is 0.430. The van der Waals surface area contributed by atoms with Crippen LogP contribution >= 0.6 is 23.7 Å². The van der Waals surface area contributed by atoms with Crippen molar-refractivity contribution in [3.8, 4) is 17.2 Å². The largest absolute Gasteiger partial charge is 0.496 e. The minimum Gasteiger partial charge on any atom is -0.496 e. The van der Waals surface area contributed by atoms with E-state index in [0.29, 0.717) is 38.7 Å². The SMILES string of the molecule is CNSNc1ccc(Oc2ccnc3cc(OC)c(C=O)cc23)cc1Cl. The summed E-state index contributed by atoms with van der Waals surface area (Å²) in [5.74, 6) is 1.62. The van der Waals surface area contributed by atoms with Gasteiger partial charge in [0.15, 0.2) is 6.29 Å². The van der Waals surface area contributed by atoms with Gasteiger partial charge in [0, 0.05) is 35.8 Å². The predicted octanol–water partition coefficient (Wildman–Crippen LogP) is 4.70. The van der Waals surface area contributed by atoms with E-state index in [1.165, 1.54) is 19.2 Å². The summed E-state index contributed by atoms with van der Waals surface area (Å²) in [6.45, 7) is 0. The quantitative estimate of drug-likeness (QED) is 0.448. The number of carbonyl (C=O) groups is 1. The van der Waals surface area contributed by atoms with Crippen molar-refractivity contribution in [2.24, 2.45) is 0 Å². The van der Waals surface area contributed by atoms with E-state index in [9.17, 15) is 4.79 Å². The van der Waals surface area contributed by atoms with Crippen LogP contribution in [0, 0.1) is 0 Å². The smallest absolute Gasteiger partial charge is 0.153 e. The number of aromatic nitrogens is 1. The number of hydrogen-bond donors (Lipinski definition) is 2. The van der Waals surface area contributed by atoms with Crippen molar-refractivity contribution in [1.82, 2.24) is 9.71 Å². The van der Waals surface area contributed by atoms with Gasteiger partial charge in [0.2, 0.25) is 0 Å². The van der Waals surface area contributed by atoms with Crippen LogP contribution in [-0.4, -0.2) is 25.4 Å². The molecule has 0 aliphatic carbocycles. The number of anilines is 1. The Hall–Kier alpha value is -2.48. The summed E-state index contributed by atoms with van der Waals surface area (Å²) in [5.41, 5.74) is 1.87. The van der Waals surface area contributed by atoms with Crippen LogP contribution in [0.4, 0.5) is 5.69 Å². The Bertz CT molecular complexity index is 952. The molecular weight excluding hydrogens is 374 g/mol. The number of methoxy groups -OCH3 is 1. The molecule has 0 unspecified atom stereocenters. The van der Waals surface area contributed by atoms with E-state index in [1.54, 1.807) is 43.6 Å². The molecule has 8 heteroatoms. The van der Waals surface area contributed by atoms with Crippen molar-refractivity contribution in [1.29, 1.82) is 0 Å². The third-order valence-corrected chi connectivity index (χ3v) is 4.45. The number of nitrogens with zero attached hydrogens (tertiary/aromatic N) is 1. The van der Waals surface area contributed by atoms with E-state index >= 15 is 0 Å². The molecule has 0 saturated carbocycles. The molecule has 0 radical (unpaired) electrons. The maximum atomic E-state index is 11.3. The Labute approximate surface area is 160 Å². The molecule has 2 N–H and O–H groups in total. The van der Waals surface area contributed by atoms with Gasteiger partial charge in [-0.05, 0) is 31.3 Å². The molecule has 3 aromatic rings. The molecule has 0 spiro atoms. The topological polar surface area (TPSA) is 72.5 Å². The number of halogens is 1. The van der Waals surface area contributed by atoms with Gasteiger partial charge in [-0.15, -0.1) is 0 Å². The van der Waals surface area contributed by atoms with Crippen molar-refractivity contribution in [3.05, 3.63) is 53.2 Å². The van der Waals surface area contributed by atoms with E-state index in [4.69, 9.17) is 21.1 Å². The van der Waals surface area contributed by atoms with Crippen LogP contribution in [-0.2, 0) is 0 Å². The number of nitrogens with one attached hydrogen (secondary N) is 2. The second-order valence-electron chi connectivity index (χ2n) is 5.19. The number of carbonyl (C=O) groups excluding carboxylic acids is 1. The fourth-order valence-electron chi connectivity index (χ4n) is 2.40. The molecule has 0 aliphatic rings. The average molecular weight is 390 g/mol. The lowest BCUT2D eigenvalue weighted by Gasteiger charge is -2.12. The molecule has 0 fully saturated rings. The lowest BCUT2D eigenvalue weighted by molar-refractivity contribution is 0.112. The summed E-state index contributed by atoms with van der Waals surface area (Å²) in [5, 5.41) is 1.23. The molecule has 0 atom stereocenters. The fraction of sp³-hybridized carbons (Fsp3) is 0.111. The van der Waals surface area contributed by atoms with Crippen molar-refractivity contribution in [2.75, 3.05) is 18.9 Å².